The molecule has 3 rings (SSSR count). The quantitative estimate of drug-likeness (QED) is 0.790. The number of Topliss-reactive ketones (excluding diaryl/α,β-unsaturated/α-hetero) is 1. The Morgan fingerprint density at radius 1 is 1.44 bits per heavy atom. The van der Waals surface area contributed by atoms with E-state index in [0.29, 0.717) is 18.0 Å². The Morgan fingerprint density at radius 2 is 2.31 bits per heavy atom. The summed E-state index contributed by atoms with van der Waals surface area (Å²) in [5, 5.41) is 9.90. The summed E-state index contributed by atoms with van der Waals surface area (Å²) < 4.78 is 0. The lowest BCUT2D eigenvalue weighted by molar-refractivity contribution is 0.0965. The van der Waals surface area contributed by atoms with Crippen molar-refractivity contribution in [2.45, 2.75) is 18.8 Å². The predicted octanol–water partition coefficient (Wildman–Crippen LogP) is 1.72. The number of carbonyl (C=O) groups is 1. The molecule has 0 saturated heterocycles. The topological polar surface area (TPSA) is 58.6 Å². The average Bonchev–Trinajstić information content (AvgIpc) is 2.79. The summed E-state index contributed by atoms with van der Waals surface area (Å²) in [5.74, 6) is 0.425. The van der Waals surface area contributed by atoms with Crippen LogP contribution in [0.1, 0.15) is 34.0 Å². The predicted molar refractivity (Wildman–Crippen MR) is 58.2 cm³/mol. The van der Waals surface area contributed by atoms with Crippen LogP contribution in [0.4, 0.5) is 0 Å². The number of hydrogen-bond acceptors (Lipinski definition) is 3. The van der Waals surface area contributed by atoms with Gasteiger partial charge in [0, 0.05) is 6.42 Å². The molecule has 4 heteroatoms. The highest BCUT2D eigenvalue weighted by Crippen LogP contribution is 2.37. The van der Waals surface area contributed by atoms with Crippen molar-refractivity contribution in [2.24, 2.45) is 0 Å². The second kappa shape index (κ2) is 3.56. The molecule has 0 radical (unpaired) electrons. The van der Waals surface area contributed by atoms with Gasteiger partial charge in [0.25, 0.3) is 0 Å². The van der Waals surface area contributed by atoms with Crippen molar-refractivity contribution in [3.8, 4) is 0 Å². The van der Waals surface area contributed by atoms with Gasteiger partial charge in [0.05, 0.1) is 6.20 Å². The normalized spacial score (nSPS) is 17.6. The van der Waals surface area contributed by atoms with Crippen molar-refractivity contribution in [3.63, 3.8) is 0 Å². The van der Waals surface area contributed by atoms with E-state index in [1.165, 1.54) is 17.3 Å². The Balaban J connectivity index is 1.73. The number of ketones is 1. The molecule has 1 aliphatic rings. The van der Waals surface area contributed by atoms with E-state index in [9.17, 15) is 4.79 Å². The molecule has 2 aromatic rings. The molecule has 80 valence electrons. The molecule has 1 aliphatic carbocycles. The molecule has 0 bridgehead atoms. The maximum atomic E-state index is 11.8. The monoisotopic (exact) mass is 213 g/mol. The first-order valence-corrected chi connectivity index (χ1v) is 5.31. The first kappa shape index (κ1) is 9.27. The molecule has 1 aromatic heterocycles. The molecule has 1 heterocycles. The fourth-order valence-electron chi connectivity index (χ4n) is 2.21. The molecular formula is C12H11N3O. The number of carbonyl (C=O) groups excluding carboxylic acids is 1. The van der Waals surface area contributed by atoms with Crippen molar-refractivity contribution in [1.82, 2.24) is 15.4 Å². The second-order valence-electron chi connectivity index (χ2n) is 4.08. The number of nitrogens with one attached hydrogen (secondary N) is 1. The summed E-state index contributed by atoms with van der Waals surface area (Å²) in [6, 6.07) is 8.27. The van der Waals surface area contributed by atoms with Crippen LogP contribution in [-0.4, -0.2) is 21.2 Å². The summed E-state index contributed by atoms with van der Waals surface area (Å²) in [4.78, 5) is 11.8. The highest BCUT2D eigenvalue weighted by molar-refractivity contribution is 5.94. The van der Waals surface area contributed by atoms with Crippen LogP contribution in [0.15, 0.2) is 30.5 Å². The highest BCUT2D eigenvalue weighted by Gasteiger charge is 2.28. The number of nitrogens with zero attached hydrogens (tertiary/aromatic N) is 2. The smallest absolute Gasteiger partial charge is 0.185 e. The molecule has 4 nitrogen and oxygen atoms in total. The van der Waals surface area contributed by atoms with Crippen molar-refractivity contribution in [3.05, 3.63) is 47.3 Å². The number of aromatic nitrogens is 3. The fraction of sp³-hybridized carbons (Fsp3) is 0.250. The highest BCUT2D eigenvalue weighted by atomic mass is 16.1. The van der Waals surface area contributed by atoms with E-state index >= 15 is 0 Å². The third kappa shape index (κ3) is 1.43. The van der Waals surface area contributed by atoms with Crippen LogP contribution in [0.3, 0.4) is 0 Å². The van der Waals surface area contributed by atoms with E-state index in [0.717, 1.165) is 6.42 Å². The van der Waals surface area contributed by atoms with Gasteiger partial charge in [-0.25, -0.2) is 0 Å². The van der Waals surface area contributed by atoms with Crippen LogP contribution in [0.5, 0.6) is 0 Å². The molecule has 0 saturated carbocycles. The third-order valence-corrected chi connectivity index (χ3v) is 3.09. The van der Waals surface area contributed by atoms with Crippen LogP contribution in [0, 0.1) is 0 Å². The number of benzene rings is 1. The molecule has 1 atom stereocenters. The van der Waals surface area contributed by atoms with E-state index in [2.05, 4.69) is 27.5 Å². The summed E-state index contributed by atoms with van der Waals surface area (Å²) in [6.07, 6.45) is 3.01. The maximum absolute atomic E-state index is 11.8. The standard InChI is InChI=1S/C12H11N3O/c16-12(11-7-13-15-14-11)6-9-5-8-3-1-2-4-10(8)9/h1-4,7,9H,5-6H2,(H,13,14,15). The molecule has 1 aromatic carbocycles. The second-order valence-corrected chi connectivity index (χ2v) is 4.08. The lowest BCUT2D eigenvalue weighted by Crippen LogP contribution is -2.20. The fourth-order valence-corrected chi connectivity index (χ4v) is 2.21. The van der Waals surface area contributed by atoms with Crippen molar-refractivity contribution < 1.29 is 4.79 Å². The van der Waals surface area contributed by atoms with Gasteiger partial charge in [-0.05, 0) is 23.5 Å². The summed E-state index contributed by atoms with van der Waals surface area (Å²) in [7, 11) is 0. The average molecular weight is 213 g/mol. The zero-order valence-electron chi connectivity index (χ0n) is 8.68. The number of H-pyrrole nitrogens is 1. The van der Waals surface area contributed by atoms with E-state index < -0.39 is 0 Å². The van der Waals surface area contributed by atoms with E-state index in [4.69, 9.17) is 0 Å². The number of aromatic amines is 1. The largest absolute Gasteiger partial charge is 0.292 e. The van der Waals surface area contributed by atoms with E-state index in [1.54, 1.807) is 0 Å². The van der Waals surface area contributed by atoms with Gasteiger partial charge in [0.2, 0.25) is 0 Å². The number of rotatable bonds is 3. The molecule has 0 amide bonds. The summed E-state index contributed by atoms with van der Waals surface area (Å²) in [5.41, 5.74) is 3.10. The van der Waals surface area contributed by atoms with Gasteiger partial charge in [-0.1, -0.05) is 24.3 Å². The summed E-state index contributed by atoms with van der Waals surface area (Å²) in [6.45, 7) is 0. The van der Waals surface area contributed by atoms with Crippen LogP contribution in [0.25, 0.3) is 0 Å². The van der Waals surface area contributed by atoms with Crippen LogP contribution in [0.2, 0.25) is 0 Å². The third-order valence-electron chi connectivity index (χ3n) is 3.09. The lowest BCUT2D eigenvalue weighted by atomic mass is 9.75. The Labute approximate surface area is 92.7 Å². The van der Waals surface area contributed by atoms with Crippen molar-refractivity contribution in [2.75, 3.05) is 0 Å². The maximum Gasteiger partial charge on any atom is 0.185 e. The van der Waals surface area contributed by atoms with Gasteiger partial charge in [0.15, 0.2) is 5.78 Å². The molecule has 0 fully saturated rings. The molecular weight excluding hydrogens is 202 g/mol. The van der Waals surface area contributed by atoms with Crippen LogP contribution < -0.4 is 0 Å². The van der Waals surface area contributed by atoms with Gasteiger partial charge >= 0.3 is 0 Å². The first-order chi connectivity index (χ1) is 7.84. The molecule has 1 N–H and O–H groups in total. The minimum absolute atomic E-state index is 0.0632. The molecule has 0 spiro atoms. The molecule has 16 heavy (non-hydrogen) atoms. The lowest BCUT2D eigenvalue weighted by Gasteiger charge is -2.29. The number of hydrogen-bond donors (Lipinski definition) is 1. The Kier molecular flexibility index (Phi) is 2.06. The zero-order chi connectivity index (χ0) is 11.0. The van der Waals surface area contributed by atoms with Gasteiger partial charge in [0.1, 0.15) is 5.69 Å². The minimum atomic E-state index is 0.0632. The zero-order valence-corrected chi connectivity index (χ0v) is 8.68. The Bertz CT molecular complexity index is 519. The van der Waals surface area contributed by atoms with Gasteiger partial charge in [-0.3, -0.25) is 4.79 Å². The van der Waals surface area contributed by atoms with Crippen LogP contribution in [-0.2, 0) is 6.42 Å². The van der Waals surface area contributed by atoms with E-state index in [1.807, 2.05) is 12.1 Å². The minimum Gasteiger partial charge on any atom is -0.292 e. The Morgan fingerprint density at radius 3 is 3.06 bits per heavy atom. The Hall–Kier alpha value is -1.97. The van der Waals surface area contributed by atoms with E-state index in [-0.39, 0.29) is 5.78 Å². The molecule has 0 aliphatic heterocycles. The molecule has 1 unspecified atom stereocenters. The SMILES string of the molecule is O=C(CC1Cc2ccccc21)c1cn[nH]n1. The number of fused-ring (bicyclic) bond motifs is 1. The van der Waals surface area contributed by atoms with Crippen molar-refractivity contribution >= 4 is 5.78 Å². The first-order valence-electron chi connectivity index (χ1n) is 5.31. The van der Waals surface area contributed by atoms with Crippen LogP contribution >= 0.6 is 0 Å². The van der Waals surface area contributed by atoms with Gasteiger partial charge in [-0.2, -0.15) is 15.4 Å². The summed E-state index contributed by atoms with van der Waals surface area (Å²) >= 11 is 0. The van der Waals surface area contributed by atoms with Crippen molar-refractivity contribution in [1.29, 1.82) is 0 Å². The van der Waals surface area contributed by atoms with Gasteiger partial charge < -0.3 is 0 Å². The van der Waals surface area contributed by atoms with Gasteiger partial charge in [-0.15, -0.1) is 0 Å².